The van der Waals surface area contributed by atoms with E-state index in [0.29, 0.717) is 19.3 Å². The second kappa shape index (κ2) is 55.4. The standard InChI is InChI=1S/C61H106O6/c1-4-7-10-13-16-19-22-25-28-30-31-32-34-36-39-42-45-48-51-54-60(63)66-57-58(56-65-59(62)53-50-47-44-41-38-35-27-24-21-18-15-12-9-6-3)67-61(64)55-52-49-46-43-40-37-33-29-26-23-20-17-14-11-8-5-2/h7,10,16,19,25,28-29,31-33,36,39,58H,4-6,8-9,11-15,17-18,20-24,26-27,30,34-35,37-38,40-57H2,1-3H3/b10-7-,19-16-,28-25-,32-31-,33-29-,39-36-/t58-/m1/s1. The van der Waals surface area contributed by atoms with Crippen molar-refractivity contribution in [3.8, 4) is 0 Å². The van der Waals surface area contributed by atoms with Gasteiger partial charge in [0.25, 0.3) is 0 Å². The molecule has 0 aromatic heterocycles. The molecule has 6 heteroatoms. The van der Waals surface area contributed by atoms with Crippen molar-refractivity contribution in [3.63, 3.8) is 0 Å². The first-order valence-electron chi connectivity index (χ1n) is 28.4. The van der Waals surface area contributed by atoms with Gasteiger partial charge >= 0.3 is 17.9 Å². The van der Waals surface area contributed by atoms with Crippen molar-refractivity contribution in [2.24, 2.45) is 0 Å². The maximum absolute atomic E-state index is 12.8. The van der Waals surface area contributed by atoms with Crippen LogP contribution in [-0.2, 0) is 28.6 Å². The molecule has 0 aliphatic carbocycles. The molecule has 67 heavy (non-hydrogen) atoms. The Labute approximate surface area is 414 Å². The van der Waals surface area contributed by atoms with Crippen LogP contribution in [0.1, 0.15) is 278 Å². The SMILES string of the molecule is CC/C=C\C/C=C\C/C=C\C/C=C\C/C=C\CCCCCC(=O)OC[C@@H](COC(=O)CCCCCCCCCCCCCCCC)OC(=O)CCCCCCC/C=C\CCCCCCCCC. The quantitative estimate of drug-likeness (QED) is 0.0262. The Bertz CT molecular complexity index is 1260. The van der Waals surface area contributed by atoms with E-state index in [1.54, 1.807) is 0 Å². The molecule has 0 unspecified atom stereocenters. The summed E-state index contributed by atoms with van der Waals surface area (Å²) in [7, 11) is 0. The fourth-order valence-electron chi connectivity index (χ4n) is 7.93. The van der Waals surface area contributed by atoms with Crippen molar-refractivity contribution < 1.29 is 28.6 Å². The number of unbranched alkanes of at least 4 members (excludes halogenated alkanes) is 28. The van der Waals surface area contributed by atoms with Crippen LogP contribution in [0.3, 0.4) is 0 Å². The van der Waals surface area contributed by atoms with E-state index in [2.05, 4.69) is 93.7 Å². The summed E-state index contributed by atoms with van der Waals surface area (Å²) in [5.74, 6) is -0.920. The Morgan fingerprint density at radius 2 is 0.582 bits per heavy atom. The second-order valence-corrected chi connectivity index (χ2v) is 18.8. The normalized spacial score (nSPS) is 12.6. The molecule has 0 fully saturated rings. The average Bonchev–Trinajstić information content (AvgIpc) is 3.33. The number of ether oxygens (including phenoxy) is 3. The summed E-state index contributed by atoms with van der Waals surface area (Å²) in [6.45, 7) is 6.51. The van der Waals surface area contributed by atoms with Crippen molar-refractivity contribution >= 4 is 17.9 Å². The van der Waals surface area contributed by atoms with Gasteiger partial charge in [-0.05, 0) is 89.9 Å². The van der Waals surface area contributed by atoms with Crippen molar-refractivity contribution in [1.82, 2.24) is 0 Å². The molecule has 0 amide bonds. The zero-order chi connectivity index (χ0) is 48.6. The van der Waals surface area contributed by atoms with Crippen LogP contribution in [0.15, 0.2) is 72.9 Å². The molecule has 0 aliphatic heterocycles. The topological polar surface area (TPSA) is 78.9 Å². The highest BCUT2D eigenvalue weighted by molar-refractivity contribution is 5.71. The Kier molecular flexibility index (Phi) is 52.8. The first kappa shape index (κ1) is 63.8. The highest BCUT2D eigenvalue weighted by atomic mass is 16.6. The van der Waals surface area contributed by atoms with Gasteiger partial charge in [0.05, 0.1) is 0 Å². The van der Waals surface area contributed by atoms with Crippen molar-refractivity contribution in [3.05, 3.63) is 72.9 Å². The van der Waals surface area contributed by atoms with Gasteiger partial charge in [-0.25, -0.2) is 0 Å². The third-order valence-corrected chi connectivity index (χ3v) is 12.2. The molecular weight excluding hydrogens is 829 g/mol. The molecule has 0 bridgehead atoms. The first-order valence-corrected chi connectivity index (χ1v) is 28.4. The van der Waals surface area contributed by atoms with E-state index in [0.717, 1.165) is 109 Å². The van der Waals surface area contributed by atoms with E-state index < -0.39 is 6.10 Å². The van der Waals surface area contributed by atoms with Crippen LogP contribution >= 0.6 is 0 Å². The predicted octanol–water partition coefficient (Wildman–Crippen LogP) is 19.0. The number of hydrogen-bond donors (Lipinski definition) is 0. The lowest BCUT2D eigenvalue weighted by Gasteiger charge is -2.18. The third-order valence-electron chi connectivity index (χ3n) is 12.2. The molecule has 0 aliphatic rings. The van der Waals surface area contributed by atoms with E-state index >= 15 is 0 Å². The Morgan fingerprint density at radius 1 is 0.313 bits per heavy atom. The van der Waals surface area contributed by atoms with Gasteiger partial charge in [0.2, 0.25) is 0 Å². The number of carbonyl (C=O) groups is 3. The van der Waals surface area contributed by atoms with E-state index in [1.807, 2.05) is 0 Å². The fraction of sp³-hybridized carbons (Fsp3) is 0.754. The lowest BCUT2D eigenvalue weighted by molar-refractivity contribution is -0.167. The minimum absolute atomic E-state index is 0.0871. The second-order valence-electron chi connectivity index (χ2n) is 18.8. The molecule has 0 N–H and O–H groups in total. The number of carbonyl (C=O) groups excluding carboxylic acids is 3. The van der Waals surface area contributed by atoms with Crippen LogP contribution in [0.4, 0.5) is 0 Å². The van der Waals surface area contributed by atoms with Crippen LogP contribution in [0.25, 0.3) is 0 Å². The summed E-state index contributed by atoms with van der Waals surface area (Å²) in [6.07, 6.45) is 70.3. The highest BCUT2D eigenvalue weighted by Gasteiger charge is 2.19. The lowest BCUT2D eigenvalue weighted by atomic mass is 10.0. The average molecular weight is 936 g/mol. The number of hydrogen-bond acceptors (Lipinski definition) is 6. The van der Waals surface area contributed by atoms with Gasteiger partial charge in [0.15, 0.2) is 6.10 Å². The van der Waals surface area contributed by atoms with E-state index in [1.165, 1.54) is 128 Å². The van der Waals surface area contributed by atoms with E-state index in [-0.39, 0.29) is 31.1 Å². The largest absolute Gasteiger partial charge is 0.462 e. The fourth-order valence-corrected chi connectivity index (χ4v) is 7.93. The number of esters is 3. The van der Waals surface area contributed by atoms with Gasteiger partial charge in [0, 0.05) is 19.3 Å². The number of allylic oxidation sites excluding steroid dienone is 12. The highest BCUT2D eigenvalue weighted by Crippen LogP contribution is 2.15. The molecule has 386 valence electrons. The van der Waals surface area contributed by atoms with Gasteiger partial charge in [0.1, 0.15) is 13.2 Å². The summed E-state index contributed by atoms with van der Waals surface area (Å²) in [5.41, 5.74) is 0. The molecule has 0 saturated heterocycles. The third kappa shape index (κ3) is 53.7. The van der Waals surface area contributed by atoms with Gasteiger partial charge in [-0.3, -0.25) is 14.4 Å². The summed E-state index contributed by atoms with van der Waals surface area (Å²) in [4.78, 5) is 38.1. The first-order chi connectivity index (χ1) is 33.0. The Balaban J connectivity index is 4.44. The summed E-state index contributed by atoms with van der Waals surface area (Å²) >= 11 is 0. The Hall–Kier alpha value is -3.15. The summed E-state index contributed by atoms with van der Waals surface area (Å²) in [5, 5.41) is 0. The minimum Gasteiger partial charge on any atom is -0.462 e. The van der Waals surface area contributed by atoms with Crippen LogP contribution in [0, 0.1) is 0 Å². The van der Waals surface area contributed by atoms with E-state index in [9.17, 15) is 14.4 Å². The van der Waals surface area contributed by atoms with Gasteiger partial charge < -0.3 is 14.2 Å². The maximum Gasteiger partial charge on any atom is 0.306 e. The monoisotopic (exact) mass is 935 g/mol. The van der Waals surface area contributed by atoms with E-state index in [4.69, 9.17) is 14.2 Å². The molecule has 6 nitrogen and oxygen atoms in total. The molecule has 0 aromatic rings. The number of rotatable bonds is 51. The molecule has 0 radical (unpaired) electrons. The van der Waals surface area contributed by atoms with Crippen molar-refractivity contribution in [1.29, 1.82) is 0 Å². The maximum atomic E-state index is 12.8. The predicted molar refractivity (Wildman–Crippen MR) is 288 cm³/mol. The van der Waals surface area contributed by atoms with Crippen LogP contribution < -0.4 is 0 Å². The smallest absolute Gasteiger partial charge is 0.306 e. The zero-order valence-electron chi connectivity index (χ0n) is 44.2. The lowest BCUT2D eigenvalue weighted by Crippen LogP contribution is -2.30. The molecule has 0 heterocycles. The zero-order valence-corrected chi connectivity index (χ0v) is 44.2. The van der Waals surface area contributed by atoms with Gasteiger partial charge in [-0.1, -0.05) is 241 Å². The molecular formula is C61H106O6. The van der Waals surface area contributed by atoms with Crippen LogP contribution in [0.2, 0.25) is 0 Å². The Morgan fingerprint density at radius 3 is 0.940 bits per heavy atom. The molecule has 1 atom stereocenters. The summed E-state index contributed by atoms with van der Waals surface area (Å²) in [6, 6.07) is 0. The molecule has 0 spiro atoms. The molecule has 0 rings (SSSR count). The van der Waals surface area contributed by atoms with Crippen LogP contribution in [-0.4, -0.2) is 37.2 Å². The summed E-state index contributed by atoms with van der Waals surface area (Å²) < 4.78 is 16.8. The molecule has 0 aromatic carbocycles. The molecule has 0 saturated carbocycles. The minimum atomic E-state index is -0.792. The van der Waals surface area contributed by atoms with Crippen molar-refractivity contribution in [2.45, 2.75) is 284 Å². The van der Waals surface area contributed by atoms with Crippen molar-refractivity contribution in [2.75, 3.05) is 13.2 Å². The van der Waals surface area contributed by atoms with Gasteiger partial charge in [-0.2, -0.15) is 0 Å². The van der Waals surface area contributed by atoms with Gasteiger partial charge in [-0.15, -0.1) is 0 Å². The van der Waals surface area contributed by atoms with Crippen LogP contribution in [0.5, 0.6) is 0 Å².